The maximum atomic E-state index is 13.3. The Morgan fingerprint density at radius 1 is 1.10 bits per heavy atom. The molecule has 6 heteroatoms. The molecule has 1 aliphatic carbocycles. The smallest absolute Gasteiger partial charge is 0.320 e. The number of carbonyl (C=O) groups excluding carboxylic acids is 1. The third-order valence-corrected chi connectivity index (χ3v) is 3.64. The molecule has 2 nitrogen and oxygen atoms in total. The molecule has 3 rings (SSSR count). The summed E-state index contributed by atoms with van der Waals surface area (Å²) >= 11 is 0. The van der Waals surface area contributed by atoms with Crippen molar-refractivity contribution in [2.75, 3.05) is 0 Å². The number of ketones is 1. The van der Waals surface area contributed by atoms with Crippen LogP contribution in [0.25, 0.3) is 5.69 Å². The van der Waals surface area contributed by atoms with E-state index in [9.17, 15) is 22.4 Å². The molecule has 110 valence electrons. The number of aromatic nitrogens is 1. The Hall–Kier alpha value is -2.11. The zero-order chi connectivity index (χ0) is 15.2. The van der Waals surface area contributed by atoms with Crippen molar-refractivity contribution in [1.29, 1.82) is 0 Å². The predicted molar refractivity (Wildman–Crippen MR) is 68.0 cm³/mol. The molecule has 0 saturated carbocycles. The van der Waals surface area contributed by atoms with Gasteiger partial charge in [0.05, 0.1) is 5.56 Å². The maximum Gasteiger partial charge on any atom is 0.419 e. The van der Waals surface area contributed by atoms with Crippen molar-refractivity contribution in [3.8, 4) is 5.69 Å². The van der Waals surface area contributed by atoms with Gasteiger partial charge in [-0.25, -0.2) is 4.39 Å². The second-order valence-corrected chi connectivity index (χ2v) is 4.98. The van der Waals surface area contributed by atoms with Crippen molar-refractivity contribution in [2.24, 2.45) is 0 Å². The van der Waals surface area contributed by atoms with E-state index in [0.717, 1.165) is 12.1 Å². The van der Waals surface area contributed by atoms with Gasteiger partial charge in [0.1, 0.15) is 5.82 Å². The minimum absolute atomic E-state index is 0.00634. The second kappa shape index (κ2) is 4.72. The van der Waals surface area contributed by atoms with E-state index in [0.29, 0.717) is 30.5 Å². The molecule has 1 heterocycles. The van der Waals surface area contributed by atoms with E-state index in [2.05, 4.69) is 0 Å². The van der Waals surface area contributed by atoms with Crippen molar-refractivity contribution in [3.63, 3.8) is 0 Å². The van der Waals surface area contributed by atoms with Gasteiger partial charge in [0.2, 0.25) is 0 Å². The van der Waals surface area contributed by atoms with Crippen molar-refractivity contribution in [1.82, 2.24) is 4.57 Å². The van der Waals surface area contributed by atoms with E-state index in [4.69, 9.17) is 0 Å². The number of fused-ring (bicyclic) bond motifs is 1. The van der Waals surface area contributed by atoms with Crippen LogP contribution < -0.4 is 0 Å². The number of hydrogen-bond acceptors (Lipinski definition) is 1. The van der Waals surface area contributed by atoms with E-state index < -0.39 is 17.6 Å². The average Bonchev–Trinajstić information content (AvgIpc) is 2.83. The van der Waals surface area contributed by atoms with Crippen LogP contribution in [0.1, 0.15) is 34.5 Å². The van der Waals surface area contributed by atoms with Gasteiger partial charge in [0.25, 0.3) is 0 Å². The monoisotopic (exact) mass is 297 g/mol. The molecule has 0 unspecified atom stereocenters. The van der Waals surface area contributed by atoms with Gasteiger partial charge in [0, 0.05) is 29.6 Å². The number of halogens is 4. The molecule has 2 aromatic rings. The zero-order valence-corrected chi connectivity index (χ0v) is 10.9. The van der Waals surface area contributed by atoms with Gasteiger partial charge < -0.3 is 4.57 Å². The van der Waals surface area contributed by atoms with Gasteiger partial charge in [-0.05, 0) is 37.1 Å². The lowest BCUT2D eigenvalue weighted by atomic mass is 9.96. The molecule has 0 spiro atoms. The Kier molecular flexibility index (Phi) is 3.11. The molecule has 1 aromatic carbocycles. The highest BCUT2D eigenvalue weighted by Gasteiger charge is 2.34. The van der Waals surface area contributed by atoms with Crippen LogP contribution in [-0.4, -0.2) is 10.4 Å². The summed E-state index contributed by atoms with van der Waals surface area (Å²) in [6.07, 6.45) is -1.45. The summed E-state index contributed by atoms with van der Waals surface area (Å²) in [4.78, 5) is 11.8. The van der Waals surface area contributed by atoms with Crippen LogP contribution in [0, 0.1) is 5.82 Å². The molecule has 1 aromatic heterocycles. The highest BCUT2D eigenvalue weighted by atomic mass is 19.4. The van der Waals surface area contributed by atoms with Gasteiger partial charge in [0.15, 0.2) is 5.78 Å². The lowest BCUT2D eigenvalue weighted by molar-refractivity contribution is -0.140. The molecule has 0 N–H and O–H groups in total. The van der Waals surface area contributed by atoms with Crippen LogP contribution in [0.3, 0.4) is 0 Å². The standard InChI is InChI=1S/C15H11F4NO/c16-12-5-4-9(8-11(12)15(17,18)19)20-7-6-10-13(20)2-1-3-14(10)21/h4-8H,1-3H2. The molecular weight excluding hydrogens is 286 g/mol. The first-order valence-corrected chi connectivity index (χ1v) is 6.48. The fourth-order valence-corrected chi connectivity index (χ4v) is 2.65. The number of hydrogen-bond donors (Lipinski definition) is 0. The Morgan fingerprint density at radius 2 is 1.86 bits per heavy atom. The molecule has 0 aliphatic heterocycles. The molecule has 0 fully saturated rings. The van der Waals surface area contributed by atoms with Crippen LogP contribution in [0.5, 0.6) is 0 Å². The summed E-state index contributed by atoms with van der Waals surface area (Å²) in [5.41, 5.74) is 0.134. The summed E-state index contributed by atoms with van der Waals surface area (Å²) in [6, 6.07) is 4.46. The van der Waals surface area contributed by atoms with E-state index in [1.165, 1.54) is 10.6 Å². The summed E-state index contributed by atoms with van der Waals surface area (Å²) in [5.74, 6) is -1.31. The highest BCUT2D eigenvalue weighted by Crippen LogP contribution is 2.33. The normalized spacial score (nSPS) is 15.1. The number of nitrogens with zero attached hydrogens (tertiary/aromatic N) is 1. The van der Waals surface area contributed by atoms with E-state index in [-0.39, 0.29) is 11.5 Å². The first kappa shape index (κ1) is 13.9. The van der Waals surface area contributed by atoms with Crippen molar-refractivity contribution < 1.29 is 22.4 Å². The van der Waals surface area contributed by atoms with Crippen LogP contribution in [0.15, 0.2) is 30.5 Å². The van der Waals surface area contributed by atoms with Crippen LogP contribution in [0.4, 0.5) is 17.6 Å². The zero-order valence-electron chi connectivity index (χ0n) is 10.9. The average molecular weight is 297 g/mol. The van der Waals surface area contributed by atoms with E-state index >= 15 is 0 Å². The van der Waals surface area contributed by atoms with Gasteiger partial charge in [-0.2, -0.15) is 13.2 Å². The quantitative estimate of drug-likeness (QED) is 0.725. The first-order chi connectivity index (χ1) is 9.88. The summed E-state index contributed by atoms with van der Waals surface area (Å²) < 4.78 is 53.2. The van der Waals surface area contributed by atoms with Gasteiger partial charge in [-0.1, -0.05) is 0 Å². The topological polar surface area (TPSA) is 22.0 Å². The second-order valence-electron chi connectivity index (χ2n) is 4.98. The Bertz CT molecular complexity index is 715. The van der Waals surface area contributed by atoms with Crippen molar-refractivity contribution >= 4 is 5.78 Å². The number of carbonyl (C=O) groups is 1. The third-order valence-electron chi connectivity index (χ3n) is 3.64. The molecule has 21 heavy (non-hydrogen) atoms. The summed E-state index contributed by atoms with van der Waals surface area (Å²) in [7, 11) is 0. The first-order valence-electron chi connectivity index (χ1n) is 6.48. The molecular formula is C15H11F4NO. The highest BCUT2D eigenvalue weighted by molar-refractivity contribution is 5.98. The Balaban J connectivity index is 2.12. The van der Waals surface area contributed by atoms with Crippen LogP contribution in [0.2, 0.25) is 0 Å². The number of Topliss-reactive ketones (excluding diaryl/α,β-unsaturated/α-hetero) is 1. The predicted octanol–water partition coefficient (Wildman–Crippen LogP) is 4.15. The fourth-order valence-electron chi connectivity index (χ4n) is 2.65. The van der Waals surface area contributed by atoms with Crippen LogP contribution in [-0.2, 0) is 12.6 Å². The maximum absolute atomic E-state index is 13.3. The summed E-state index contributed by atoms with van der Waals surface area (Å²) in [6.45, 7) is 0. The number of benzene rings is 1. The minimum atomic E-state index is -4.75. The third kappa shape index (κ3) is 2.34. The molecule has 0 radical (unpaired) electrons. The lowest BCUT2D eigenvalue weighted by Crippen LogP contribution is -2.13. The molecule has 0 amide bonds. The Morgan fingerprint density at radius 3 is 2.57 bits per heavy atom. The summed E-state index contributed by atoms with van der Waals surface area (Å²) in [5, 5.41) is 0. The van der Waals surface area contributed by atoms with E-state index in [1.807, 2.05) is 0 Å². The Labute approximate surface area is 118 Å². The van der Waals surface area contributed by atoms with Crippen molar-refractivity contribution in [3.05, 3.63) is 53.1 Å². The molecule has 0 saturated heterocycles. The van der Waals surface area contributed by atoms with Crippen LogP contribution >= 0.6 is 0 Å². The van der Waals surface area contributed by atoms with Crippen molar-refractivity contribution in [2.45, 2.75) is 25.4 Å². The SMILES string of the molecule is O=C1CCCc2c1ccn2-c1ccc(F)c(C(F)(F)F)c1. The number of rotatable bonds is 1. The largest absolute Gasteiger partial charge is 0.419 e. The fraction of sp³-hybridized carbons (Fsp3) is 0.267. The van der Waals surface area contributed by atoms with E-state index in [1.54, 1.807) is 12.3 Å². The molecule has 0 atom stereocenters. The number of alkyl halides is 3. The minimum Gasteiger partial charge on any atom is -0.320 e. The van der Waals surface area contributed by atoms with Gasteiger partial charge in [-0.15, -0.1) is 0 Å². The molecule has 0 bridgehead atoms. The molecule has 1 aliphatic rings. The van der Waals surface area contributed by atoms with Gasteiger partial charge >= 0.3 is 6.18 Å². The van der Waals surface area contributed by atoms with Gasteiger partial charge in [-0.3, -0.25) is 4.79 Å². The lowest BCUT2D eigenvalue weighted by Gasteiger charge is -2.16.